The molecule has 1 aromatic carbocycles. The number of aromatic amines is 1. The van der Waals surface area contributed by atoms with E-state index in [9.17, 15) is 9.59 Å². The van der Waals surface area contributed by atoms with Crippen LogP contribution >= 0.6 is 11.8 Å². The standard InChI is InChI=1S/C10H11N5O2S/c1-15-9(17)13-14-10(15)18-5-2-3-7(11)6(4-5)8(12)16/h2-4H,11H2,1H3,(H2,12,16)(H,13,17). The highest BCUT2D eigenvalue weighted by molar-refractivity contribution is 7.99. The van der Waals surface area contributed by atoms with E-state index in [2.05, 4.69) is 10.2 Å². The molecule has 7 nitrogen and oxygen atoms in total. The fraction of sp³-hybridized carbons (Fsp3) is 0.100. The van der Waals surface area contributed by atoms with Crippen LogP contribution in [0.1, 0.15) is 10.4 Å². The molecule has 0 fully saturated rings. The number of nitrogens with one attached hydrogen (secondary N) is 1. The molecule has 94 valence electrons. The number of aromatic nitrogens is 3. The summed E-state index contributed by atoms with van der Waals surface area (Å²) in [4.78, 5) is 23.1. The van der Waals surface area contributed by atoms with Crippen LogP contribution in [0, 0.1) is 0 Å². The molecule has 0 unspecified atom stereocenters. The molecule has 18 heavy (non-hydrogen) atoms. The molecule has 0 saturated heterocycles. The van der Waals surface area contributed by atoms with Crippen molar-refractivity contribution in [2.75, 3.05) is 5.73 Å². The first-order chi connectivity index (χ1) is 8.49. The van der Waals surface area contributed by atoms with E-state index < -0.39 is 5.91 Å². The lowest BCUT2D eigenvalue weighted by atomic mass is 10.2. The van der Waals surface area contributed by atoms with E-state index >= 15 is 0 Å². The summed E-state index contributed by atoms with van der Waals surface area (Å²) in [7, 11) is 1.60. The van der Waals surface area contributed by atoms with Crippen molar-refractivity contribution in [1.29, 1.82) is 0 Å². The van der Waals surface area contributed by atoms with Gasteiger partial charge in [0.1, 0.15) is 0 Å². The zero-order valence-electron chi connectivity index (χ0n) is 9.51. The number of benzene rings is 1. The van der Waals surface area contributed by atoms with Gasteiger partial charge in [-0.3, -0.25) is 9.36 Å². The van der Waals surface area contributed by atoms with Crippen LogP contribution in [-0.2, 0) is 7.05 Å². The van der Waals surface area contributed by atoms with Crippen molar-refractivity contribution >= 4 is 23.4 Å². The first-order valence-corrected chi connectivity index (χ1v) is 5.79. The number of carbonyl (C=O) groups excluding carboxylic acids is 1. The Bertz CT molecular complexity index is 661. The molecule has 0 aliphatic carbocycles. The molecule has 1 aromatic heterocycles. The average Bonchev–Trinajstić information content (AvgIpc) is 2.63. The van der Waals surface area contributed by atoms with Gasteiger partial charge in [-0.2, -0.15) is 0 Å². The fourth-order valence-corrected chi connectivity index (χ4v) is 2.18. The van der Waals surface area contributed by atoms with Crippen molar-refractivity contribution in [1.82, 2.24) is 14.8 Å². The van der Waals surface area contributed by atoms with Crippen LogP contribution in [0.3, 0.4) is 0 Å². The number of carbonyl (C=O) groups is 1. The van der Waals surface area contributed by atoms with Gasteiger partial charge in [0.2, 0.25) is 0 Å². The Morgan fingerprint density at radius 1 is 1.50 bits per heavy atom. The van der Waals surface area contributed by atoms with Crippen LogP contribution in [0.25, 0.3) is 0 Å². The van der Waals surface area contributed by atoms with Gasteiger partial charge in [0.05, 0.1) is 5.56 Å². The number of rotatable bonds is 3. The molecular weight excluding hydrogens is 254 g/mol. The maximum absolute atomic E-state index is 11.2. The van der Waals surface area contributed by atoms with Crippen LogP contribution in [-0.4, -0.2) is 20.7 Å². The number of amides is 1. The zero-order chi connectivity index (χ0) is 13.3. The Morgan fingerprint density at radius 2 is 2.22 bits per heavy atom. The van der Waals surface area contributed by atoms with Gasteiger partial charge in [0.25, 0.3) is 5.91 Å². The number of H-pyrrole nitrogens is 1. The van der Waals surface area contributed by atoms with Crippen molar-refractivity contribution in [3.8, 4) is 0 Å². The molecule has 1 heterocycles. The third-order valence-electron chi connectivity index (χ3n) is 2.34. The maximum Gasteiger partial charge on any atom is 0.343 e. The van der Waals surface area contributed by atoms with E-state index in [4.69, 9.17) is 11.5 Å². The van der Waals surface area contributed by atoms with Gasteiger partial charge in [0.15, 0.2) is 5.16 Å². The van der Waals surface area contributed by atoms with Crippen LogP contribution in [0.5, 0.6) is 0 Å². The molecule has 2 rings (SSSR count). The molecule has 0 aliphatic heterocycles. The Balaban J connectivity index is 2.36. The summed E-state index contributed by atoms with van der Waals surface area (Å²) in [5.41, 5.74) is 11.1. The average molecular weight is 265 g/mol. The van der Waals surface area contributed by atoms with Crippen LogP contribution < -0.4 is 17.2 Å². The maximum atomic E-state index is 11.2. The molecule has 0 spiro atoms. The first kappa shape index (κ1) is 12.2. The fourth-order valence-electron chi connectivity index (χ4n) is 1.34. The summed E-state index contributed by atoms with van der Waals surface area (Å²) in [6, 6.07) is 4.89. The van der Waals surface area contributed by atoms with Crippen molar-refractivity contribution in [3.05, 3.63) is 34.2 Å². The quantitative estimate of drug-likeness (QED) is 0.671. The third kappa shape index (κ3) is 2.23. The summed E-state index contributed by atoms with van der Waals surface area (Å²) < 4.78 is 1.37. The van der Waals surface area contributed by atoms with Gasteiger partial charge in [-0.25, -0.2) is 9.89 Å². The van der Waals surface area contributed by atoms with Crippen molar-refractivity contribution in [3.63, 3.8) is 0 Å². The Morgan fingerprint density at radius 3 is 2.78 bits per heavy atom. The largest absolute Gasteiger partial charge is 0.398 e. The molecule has 8 heteroatoms. The van der Waals surface area contributed by atoms with Gasteiger partial charge in [-0.1, -0.05) is 0 Å². The monoisotopic (exact) mass is 265 g/mol. The number of nitrogen functional groups attached to an aromatic ring is 1. The minimum Gasteiger partial charge on any atom is -0.398 e. The minimum absolute atomic E-state index is 0.250. The van der Waals surface area contributed by atoms with Crippen molar-refractivity contribution in [2.45, 2.75) is 10.1 Å². The Labute approximate surface area is 106 Å². The van der Waals surface area contributed by atoms with Crippen molar-refractivity contribution in [2.24, 2.45) is 12.8 Å². The van der Waals surface area contributed by atoms with E-state index in [1.54, 1.807) is 25.2 Å². The summed E-state index contributed by atoms with van der Waals surface area (Å²) in [6.45, 7) is 0. The van der Waals surface area contributed by atoms with Gasteiger partial charge in [-0.05, 0) is 30.0 Å². The summed E-state index contributed by atoms with van der Waals surface area (Å²) in [5.74, 6) is -0.592. The number of anilines is 1. The Hall–Kier alpha value is -2.22. The molecule has 2 aromatic rings. The first-order valence-electron chi connectivity index (χ1n) is 4.97. The lowest BCUT2D eigenvalue weighted by Gasteiger charge is -2.04. The number of nitrogens with zero attached hydrogens (tertiary/aromatic N) is 2. The van der Waals surface area contributed by atoms with Crippen LogP contribution in [0.2, 0.25) is 0 Å². The summed E-state index contributed by atoms with van der Waals surface area (Å²) >= 11 is 1.23. The third-order valence-corrected chi connectivity index (χ3v) is 3.38. The topological polar surface area (TPSA) is 120 Å². The number of nitrogens with two attached hydrogens (primary N) is 2. The molecule has 0 bridgehead atoms. The minimum atomic E-state index is -0.592. The Kier molecular flexibility index (Phi) is 3.11. The van der Waals surface area contributed by atoms with E-state index in [0.29, 0.717) is 10.8 Å². The molecule has 0 atom stereocenters. The predicted molar refractivity (Wildman–Crippen MR) is 67.3 cm³/mol. The zero-order valence-corrected chi connectivity index (χ0v) is 10.3. The number of hydrogen-bond donors (Lipinski definition) is 3. The normalized spacial score (nSPS) is 10.5. The van der Waals surface area contributed by atoms with E-state index in [0.717, 1.165) is 4.90 Å². The SMILES string of the molecule is Cn1c(Sc2ccc(N)c(C(N)=O)c2)n[nH]c1=O. The van der Waals surface area contributed by atoms with E-state index in [1.807, 2.05) is 0 Å². The molecule has 0 saturated carbocycles. The lowest BCUT2D eigenvalue weighted by molar-refractivity contribution is 0.100. The number of hydrogen-bond acceptors (Lipinski definition) is 5. The van der Waals surface area contributed by atoms with Crippen LogP contribution in [0.15, 0.2) is 33.0 Å². The second kappa shape index (κ2) is 4.57. The molecular formula is C10H11N5O2S. The second-order valence-electron chi connectivity index (χ2n) is 3.59. The molecule has 5 N–H and O–H groups in total. The highest BCUT2D eigenvalue weighted by Crippen LogP contribution is 2.27. The van der Waals surface area contributed by atoms with Crippen LogP contribution in [0.4, 0.5) is 5.69 Å². The van der Waals surface area contributed by atoms with Crippen molar-refractivity contribution < 1.29 is 4.79 Å². The highest BCUT2D eigenvalue weighted by atomic mass is 32.2. The van der Waals surface area contributed by atoms with Gasteiger partial charge in [0, 0.05) is 17.6 Å². The number of primary amides is 1. The second-order valence-corrected chi connectivity index (χ2v) is 4.63. The van der Waals surface area contributed by atoms with E-state index in [-0.39, 0.29) is 11.3 Å². The molecule has 0 aliphatic rings. The molecule has 1 amide bonds. The molecule has 0 radical (unpaired) electrons. The smallest absolute Gasteiger partial charge is 0.343 e. The lowest BCUT2D eigenvalue weighted by Crippen LogP contribution is -2.14. The van der Waals surface area contributed by atoms with Gasteiger partial charge < -0.3 is 11.5 Å². The summed E-state index contributed by atoms with van der Waals surface area (Å²) in [6.07, 6.45) is 0. The van der Waals surface area contributed by atoms with Gasteiger partial charge >= 0.3 is 5.69 Å². The summed E-state index contributed by atoms with van der Waals surface area (Å²) in [5, 5.41) is 6.66. The van der Waals surface area contributed by atoms with E-state index in [1.165, 1.54) is 16.3 Å². The predicted octanol–water partition coefficient (Wildman–Crippen LogP) is -0.0593. The van der Waals surface area contributed by atoms with Gasteiger partial charge in [-0.15, -0.1) is 5.10 Å². The highest BCUT2D eigenvalue weighted by Gasteiger charge is 2.10.